The van der Waals surface area contributed by atoms with Crippen molar-refractivity contribution in [2.24, 2.45) is 10.9 Å². The van der Waals surface area contributed by atoms with E-state index in [9.17, 15) is 0 Å². The van der Waals surface area contributed by atoms with E-state index < -0.39 is 0 Å². The number of halogens is 1. The van der Waals surface area contributed by atoms with Gasteiger partial charge in [-0.15, -0.1) is 24.0 Å². The summed E-state index contributed by atoms with van der Waals surface area (Å²) in [6.07, 6.45) is 1.13. The van der Waals surface area contributed by atoms with Gasteiger partial charge in [0, 0.05) is 38.8 Å². The highest BCUT2D eigenvalue weighted by molar-refractivity contribution is 14.0. The van der Waals surface area contributed by atoms with Crippen LogP contribution in [0.25, 0.3) is 0 Å². The molecule has 1 heterocycles. The molecular formula is C15H34IN5. The Hall–Kier alpha value is -0.0800. The molecule has 1 rings (SSSR count). The second-order valence-electron chi connectivity index (χ2n) is 6.43. The van der Waals surface area contributed by atoms with Crippen molar-refractivity contribution >= 4 is 29.9 Å². The van der Waals surface area contributed by atoms with Gasteiger partial charge >= 0.3 is 0 Å². The van der Waals surface area contributed by atoms with Crippen LogP contribution in [0.3, 0.4) is 0 Å². The molecule has 0 saturated carbocycles. The van der Waals surface area contributed by atoms with Gasteiger partial charge in [-0.1, -0.05) is 6.92 Å². The molecule has 1 aliphatic rings. The first-order valence-corrected chi connectivity index (χ1v) is 7.80. The number of hydrogen-bond donors (Lipinski definition) is 2. The fraction of sp³-hybridized carbons (Fsp3) is 0.933. The van der Waals surface area contributed by atoms with E-state index in [2.05, 4.69) is 60.3 Å². The Morgan fingerprint density at radius 3 is 2.48 bits per heavy atom. The standard InChI is InChI=1S/C15H33N5.HI/c1-12(2)20-10-13(3)14(11-20)18-15(16-4)17-8-7-9-19(5)6;/h12-14H,7-11H2,1-6H3,(H2,16,17,18);1H. The minimum absolute atomic E-state index is 0. The third-order valence-corrected chi connectivity index (χ3v) is 3.99. The summed E-state index contributed by atoms with van der Waals surface area (Å²) in [6.45, 7) is 11.2. The molecule has 0 aliphatic carbocycles. The van der Waals surface area contributed by atoms with E-state index in [1.54, 1.807) is 0 Å². The van der Waals surface area contributed by atoms with Crippen LogP contribution in [-0.4, -0.2) is 75.2 Å². The molecule has 2 atom stereocenters. The molecule has 0 aromatic heterocycles. The van der Waals surface area contributed by atoms with Gasteiger partial charge in [0.15, 0.2) is 5.96 Å². The van der Waals surface area contributed by atoms with E-state index in [0.29, 0.717) is 18.0 Å². The summed E-state index contributed by atoms with van der Waals surface area (Å²) in [7, 11) is 6.06. The quantitative estimate of drug-likeness (QED) is 0.301. The summed E-state index contributed by atoms with van der Waals surface area (Å²) in [5, 5.41) is 6.98. The van der Waals surface area contributed by atoms with Gasteiger partial charge in [0.1, 0.15) is 0 Å². The fourth-order valence-corrected chi connectivity index (χ4v) is 2.59. The van der Waals surface area contributed by atoms with E-state index in [-0.39, 0.29) is 24.0 Å². The maximum absolute atomic E-state index is 4.33. The molecule has 0 radical (unpaired) electrons. The maximum Gasteiger partial charge on any atom is 0.191 e. The molecule has 1 aliphatic heterocycles. The first-order chi connectivity index (χ1) is 9.43. The molecule has 2 unspecified atom stereocenters. The average molecular weight is 411 g/mol. The lowest BCUT2D eigenvalue weighted by Crippen LogP contribution is -2.47. The largest absolute Gasteiger partial charge is 0.356 e. The van der Waals surface area contributed by atoms with Gasteiger partial charge < -0.3 is 15.5 Å². The highest BCUT2D eigenvalue weighted by atomic mass is 127. The predicted octanol–water partition coefficient (Wildman–Crippen LogP) is 1.45. The van der Waals surface area contributed by atoms with Gasteiger partial charge in [-0.05, 0) is 46.8 Å². The van der Waals surface area contributed by atoms with E-state index >= 15 is 0 Å². The molecule has 5 nitrogen and oxygen atoms in total. The van der Waals surface area contributed by atoms with Crippen LogP contribution < -0.4 is 10.6 Å². The van der Waals surface area contributed by atoms with Crippen molar-refractivity contribution in [1.82, 2.24) is 20.4 Å². The van der Waals surface area contributed by atoms with Gasteiger partial charge in [-0.3, -0.25) is 9.89 Å². The van der Waals surface area contributed by atoms with Crippen LogP contribution in [0.1, 0.15) is 27.2 Å². The lowest BCUT2D eigenvalue weighted by Gasteiger charge is -2.22. The molecule has 1 saturated heterocycles. The van der Waals surface area contributed by atoms with Crippen molar-refractivity contribution in [3.63, 3.8) is 0 Å². The summed E-state index contributed by atoms with van der Waals surface area (Å²) in [5.74, 6) is 1.60. The zero-order chi connectivity index (χ0) is 15.1. The molecule has 6 heteroatoms. The van der Waals surface area contributed by atoms with E-state index in [1.807, 2.05) is 7.05 Å². The highest BCUT2D eigenvalue weighted by Crippen LogP contribution is 2.18. The zero-order valence-electron chi connectivity index (χ0n) is 14.5. The number of hydrogen-bond acceptors (Lipinski definition) is 3. The molecule has 2 N–H and O–H groups in total. The SMILES string of the molecule is CN=C(NCCCN(C)C)NC1CN(C(C)C)CC1C.I. The lowest BCUT2D eigenvalue weighted by molar-refractivity contribution is 0.265. The Balaban J connectivity index is 0.00000400. The number of aliphatic imine (C=N–C) groups is 1. The second kappa shape index (κ2) is 10.6. The van der Waals surface area contributed by atoms with Gasteiger partial charge in [0.2, 0.25) is 0 Å². The summed E-state index contributed by atoms with van der Waals surface area (Å²) >= 11 is 0. The first kappa shape index (κ1) is 20.9. The summed E-state index contributed by atoms with van der Waals surface area (Å²) in [6, 6.07) is 1.12. The topological polar surface area (TPSA) is 42.9 Å². The number of nitrogens with one attached hydrogen (secondary N) is 2. The first-order valence-electron chi connectivity index (χ1n) is 7.80. The van der Waals surface area contributed by atoms with Crippen LogP contribution in [0.4, 0.5) is 0 Å². The molecule has 0 amide bonds. The Kier molecular flexibility index (Phi) is 10.6. The van der Waals surface area contributed by atoms with Crippen molar-refractivity contribution in [3.05, 3.63) is 0 Å². The summed E-state index contributed by atoms with van der Waals surface area (Å²) in [4.78, 5) is 9.07. The number of nitrogens with zero attached hydrogens (tertiary/aromatic N) is 3. The van der Waals surface area contributed by atoms with Crippen LogP contribution >= 0.6 is 24.0 Å². The molecule has 126 valence electrons. The van der Waals surface area contributed by atoms with E-state index in [4.69, 9.17) is 0 Å². The number of likely N-dealkylation sites (tertiary alicyclic amines) is 1. The Morgan fingerprint density at radius 1 is 1.33 bits per heavy atom. The van der Waals surface area contributed by atoms with Crippen molar-refractivity contribution in [1.29, 1.82) is 0 Å². The summed E-state index contributed by atoms with van der Waals surface area (Å²) in [5.41, 5.74) is 0. The molecule has 0 aromatic carbocycles. The molecule has 0 aromatic rings. The van der Waals surface area contributed by atoms with Crippen molar-refractivity contribution in [2.75, 3.05) is 47.3 Å². The third kappa shape index (κ3) is 7.65. The maximum atomic E-state index is 4.33. The highest BCUT2D eigenvalue weighted by Gasteiger charge is 2.31. The molecule has 0 bridgehead atoms. The fourth-order valence-electron chi connectivity index (χ4n) is 2.59. The minimum atomic E-state index is 0. The number of guanidine groups is 1. The van der Waals surface area contributed by atoms with E-state index in [1.165, 1.54) is 6.54 Å². The normalized spacial score (nSPS) is 23.5. The Bertz CT molecular complexity index is 306. The van der Waals surface area contributed by atoms with Gasteiger partial charge in [0.05, 0.1) is 0 Å². The molecular weight excluding hydrogens is 377 g/mol. The van der Waals surface area contributed by atoms with Crippen LogP contribution in [0.5, 0.6) is 0 Å². The number of rotatable bonds is 6. The van der Waals surface area contributed by atoms with Crippen molar-refractivity contribution < 1.29 is 0 Å². The van der Waals surface area contributed by atoms with Crippen LogP contribution in [-0.2, 0) is 0 Å². The molecule has 1 fully saturated rings. The Morgan fingerprint density at radius 2 is 2.00 bits per heavy atom. The van der Waals surface area contributed by atoms with Crippen LogP contribution in [0.15, 0.2) is 4.99 Å². The minimum Gasteiger partial charge on any atom is -0.356 e. The van der Waals surface area contributed by atoms with Gasteiger partial charge in [-0.2, -0.15) is 0 Å². The Labute approximate surface area is 148 Å². The predicted molar refractivity (Wildman–Crippen MR) is 103 cm³/mol. The molecule has 21 heavy (non-hydrogen) atoms. The second-order valence-corrected chi connectivity index (χ2v) is 6.43. The van der Waals surface area contributed by atoms with Gasteiger partial charge in [-0.25, -0.2) is 0 Å². The monoisotopic (exact) mass is 411 g/mol. The van der Waals surface area contributed by atoms with Crippen LogP contribution in [0, 0.1) is 5.92 Å². The lowest BCUT2D eigenvalue weighted by atomic mass is 10.1. The smallest absolute Gasteiger partial charge is 0.191 e. The average Bonchev–Trinajstić information content (AvgIpc) is 2.74. The van der Waals surface area contributed by atoms with E-state index in [0.717, 1.165) is 32.0 Å². The third-order valence-electron chi connectivity index (χ3n) is 3.99. The van der Waals surface area contributed by atoms with Crippen molar-refractivity contribution in [2.45, 2.75) is 39.3 Å². The summed E-state index contributed by atoms with van der Waals surface area (Å²) < 4.78 is 0. The zero-order valence-corrected chi connectivity index (χ0v) is 16.8. The van der Waals surface area contributed by atoms with Crippen molar-refractivity contribution in [3.8, 4) is 0 Å². The van der Waals surface area contributed by atoms with Gasteiger partial charge in [0.25, 0.3) is 0 Å². The molecule has 0 spiro atoms. The van der Waals surface area contributed by atoms with Crippen LogP contribution in [0.2, 0.25) is 0 Å².